The van der Waals surface area contributed by atoms with Gasteiger partial charge in [0.1, 0.15) is 12.1 Å². The lowest BCUT2D eigenvalue weighted by Crippen LogP contribution is -2.43. The summed E-state index contributed by atoms with van der Waals surface area (Å²) in [6.07, 6.45) is 8.16. The molecule has 0 saturated carbocycles. The summed E-state index contributed by atoms with van der Waals surface area (Å²) in [4.78, 5) is 62.4. The molecule has 2 aliphatic heterocycles. The Balaban J connectivity index is 1.09. The van der Waals surface area contributed by atoms with Crippen LogP contribution in [0.5, 0.6) is 0 Å². The molecule has 4 aromatic rings. The maximum absolute atomic E-state index is 13.1. The van der Waals surface area contributed by atoms with E-state index in [-0.39, 0.29) is 29.0 Å². The van der Waals surface area contributed by atoms with Gasteiger partial charge < -0.3 is 20.4 Å². The van der Waals surface area contributed by atoms with E-state index in [0.717, 1.165) is 24.0 Å². The van der Waals surface area contributed by atoms with E-state index in [9.17, 15) is 19.2 Å². The number of benzene rings is 2. The molecular weight excluding hydrogens is 614 g/mol. The van der Waals surface area contributed by atoms with Gasteiger partial charge in [0.15, 0.2) is 0 Å². The summed E-state index contributed by atoms with van der Waals surface area (Å²) in [6, 6.07) is 15.9. The van der Waals surface area contributed by atoms with Crippen LogP contribution in [0.25, 0.3) is 17.0 Å². The van der Waals surface area contributed by atoms with Crippen molar-refractivity contribution in [3.05, 3.63) is 78.8 Å². The largest absolute Gasteiger partial charge is 0.330 e. The average molecular weight is 645 g/mol. The molecule has 0 unspecified atom stereocenters. The number of carbonyl (C=O) groups excluding carboxylic acids is 4. The number of likely N-dealkylation sites (tertiary alicyclic amines) is 2. The van der Waals surface area contributed by atoms with Crippen LogP contribution in [0.2, 0.25) is 0 Å². The molecule has 0 spiro atoms. The maximum Gasteiger partial charge on any atom is 0.290 e. The van der Waals surface area contributed by atoms with Gasteiger partial charge in [-0.3, -0.25) is 23.6 Å². The number of carbonyl (C=O) groups is 4. The number of rotatable bonds is 7. The minimum Gasteiger partial charge on any atom is -0.330 e. The highest BCUT2D eigenvalue weighted by molar-refractivity contribution is 9.18. The zero-order chi connectivity index (χ0) is 29.9. The molecule has 11 nitrogen and oxygen atoms in total. The molecule has 12 heteroatoms. The monoisotopic (exact) mass is 643 g/mol. The molecule has 2 saturated heterocycles. The zero-order valence-corrected chi connectivity index (χ0v) is 24.9. The average Bonchev–Trinajstić information content (AvgIpc) is 3.78. The fraction of sp³-hybridized carbons (Fsp3) is 0.290. The van der Waals surface area contributed by atoms with E-state index >= 15 is 0 Å². The van der Waals surface area contributed by atoms with Crippen molar-refractivity contribution in [3.8, 4) is 11.3 Å². The number of imidazole rings is 1. The van der Waals surface area contributed by atoms with Crippen LogP contribution >= 0.6 is 15.9 Å². The third-order valence-electron chi connectivity index (χ3n) is 7.88. The van der Waals surface area contributed by atoms with Gasteiger partial charge in [-0.1, -0.05) is 42.5 Å². The van der Waals surface area contributed by atoms with Crippen LogP contribution in [0.1, 0.15) is 31.2 Å². The molecule has 6 rings (SSSR count). The second-order valence-corrected chi connectivity index (χ2v) is 11.4. The van der Waals surface area contributed by atoms with Gasteiger partial charge in [0.05, 0.1) is 24.0 Å². The van der Waals surface area contributed by atoms with E-state index in [1.54, 1.807) is 27.6 Å². The van der Waals surface area contributed by atoms with Crippen molar-refractivity contribution >= 4 is 55.6 Å². The number of hydrogen-bond acceptors (Lipinski definition) is 6. The quantitative estimate of drug-likeness (QED) is 0.226. The number of halogens is 1. The normalized spacial score (nSPS) is 18.2. The molecule has 0 bridgehead atoms. The number of anilines is 2. The van der Waals surface area contributed by atoms with Gasteiger partial charge in [0, 0.05) is 52.7 Å². The van der Waals surface area contributed by atoms with Gasteiger partial charge in [0.25, 0.3) is 4.82 Å². The van der Waals surface area contributed by atoms with Crippen LogP contribution in [-0.4, -0.2) is 71.9 Å². The molecule has 220 valence electrons. The number of hydrogen-bond donors (Lipinski definition) is 2. The molecule has 2 N–H and O–H groups in total. The number of amides is 4. The first-order valence-electron chi connectivity index (χ1n) is 14.2. The van der Waals surface area contributed by atoms with E-state index < -0.39 is 12.1 Å². The van der Waals surface area contributed by atoms with E-state index in [0.29, 0.717) is 48.8 Å². The summed E-state index contributed by atoms with van der Waals surface area (Å²) in [5.41, 5.74) is 3.56. The lowest BCUT2D eigenvalue weighted by atomic mass is 10.1. The van der Waals surface area contributed by atoms with Gasteiger partial charge in [-0.05, 0) is 43.4 Å². The molecule has 43 heavy (non-hydrogen) atoms. The number of nitrogens with zero attached hydrogens (tertiary/aromatic N) is 5. The SMILES string of the molecule is O=C(Nc1cnc2nc(-c3ccc(NC(=O)[C@@H]4CCCN4C(=O)Cc4ccccc4)cc3)cn2c1)[C@@H]1CCCN1C(=O)Br. The van der Waals surface area contributed by atoms with E-state index in [1.165, 1.54) is 11.1 Å². The summed E-state index contributed by atoms with van der Waals surface area (Å²) >= 11 is 2.95. The molecular formula is C31H30BrN7O4. The van der Waals surface area contributed by atoms with Crippen molar-refractivity contribution in [2.75, 3.05) is 23.7 Å². The standard InChI is InChI=1S/C31H30BrN7O4/c32-30(43)39-15-5-9-26(39)29(42)35-23-17-33-31-36-24(19-37(31)18-23)21-10-12-22(13-11-21)34-28(41)25-8-4-14-38(25)27(40)16-20-6-2-1-3-7-20/h1-3,6-7,10-13,17-19,25-26H,4-5,8-9,14-16H2,(H,34,41)(H,35,42)/t25-,26-/m0/s1. The summed E-state index contributed by atoms with van der Waals surface area (Å²) in [7, 11) is 0. The first-order valence-corrected chi connectivity index (χ1v) is 15.0. The van der Waals surface area contributed by atoms with Gasteiger partial charge in [0.2, 0.25) is 23.5 Å². The Hall–Kier alpha value is -4.58. The third kappa shape index (κ3) is 6.29. The van der Waals surface area contributed by atoms with Crippen LogP contribution in [0.4, 0.5) is 16.2 Å². The lowest BCUT2D eigenvalue weighted by Gasteiger charge is -2.24. The highest BCUT2D eigenvalue weighted by atomic mass is 79.9. The van der Waals surface area contributed by atoms with Crippen molar-refractivity contribution in [1.29, 1.82) is 0 Å². The second-order valence-electron chi connectivity index (χ2n) is 10.7. The highest BCUT2D eigenvalue weighted by Crippen LogP contribution is 2.25. The minimum atomic E-state index is -0.522. The number of aromatic nitrogens is 3. The molecule has 4 heterocycles. The van der Waals surface area contributed by atoms with Crippen LogP contribution in [0.3, 0.4) is 0 Å². The van der Waals surface area contributed by atoms with Crippen molar-refractivity contribution in [1.82, 2.24) is 24.2 Å². The van der Waals surface area contributed by atoms with Crippen molar-refractivity contribution in [2.24, 2.45) is 0 Å². The molecule has 2 atom stereocenters. The van der Waals surface area contributed by atoms with Crippen molar-refractivity contribution in [3.63, 3.8) is 0 Å². The predicted octanol–water partition coefficient (Wildman–Crippen LogP) is 4.49. The molecule has 2 aromatic carbocycles. The van der Waals surface area contributed by atoms with Crippen LogP contribution in [0.15, 0.2) is 73.2 Å². The fourth-order valence-electron chi connectivity index (χ4n) is 5.72. The topological polar surface area (TPSA) is 129 Å². The Morgan fingerprint density at radius 2 is 1.47 bits per heavy atom. The molecule has 0 aliphatic carbocycles. The first-order chi connectivity index (χ1) is 20.9. The molecule has 2 aromatic heterocycles. The summed E-state index contributed by atoms with van der Waals surface area (Å²) < 4.78 is 1.73. The Morgan fingerprint density at radius 1 is 0.814 bits per heavy atom. The minimum absolute atomic E-state index is 0.0445. The van der Waals surface area contributed by atoms with E-state index in [4.69, 9.17) is 0 Å². The van der Waals surface area contributed by atoms with Gasteiger partial charge >= 0.3 is 0 Å². The summed E-state index contributed by atoms with van der Waals surface area (Å²) in [5.74, 6) is -0.0352. The maximum atomic E-state index is 13.1. The predicted molar refractivity (Wildman–Crippen MR) is 165 cm³/mol. The Kier molecular flexibility index (Phi) is 8.19. The van der Waals surface area contributed by atoms with Crippen LogP contribution < -0.4 is 10.6 Å². The Morgan fingerprint density at radius 3 is 2.16 bits per heavy atom. The highest BCUT2D eigenvalue weighted by Gasteiger charge is 2.34. The Labute approximate surface area is 256 Å². The van der Waals surface area contributed by atoms with Gasteiger partial charge in [-0.2, -0.15) is 0 Å². The lowest BCUT2D eigenvalue weighted by molar-refractivity contribution is -0.136. The van der Waals surface area contributed by atoms with Crippen molar-refractivity contribution < 1.29 is 19.2 Å². The Bertz CT molecular complexity index is 1670. The van der Waals surface area contributed by atoms with E-state index in [1.807, 2.05) is 48.7 Å². The number of fused-ring (bicyclic) bond motifs is 1. The second kappa shape index (κ2) is 12.3. The van der Waals surface area contributed by atoms with Crippen LogP contribution in [0, 0.1) is 0 Å². The zero-order valence-electron chi connectivity index (χ0n) is 23.3. The van der Waals surface area contributed by atoms with Gasteiger partial charge in [-0.25, -0.2) is 9.97 Å². The summed E-state index contributed by atoms with van der Waals surface area (Å²) in [6.45, 7) is 1.12. The molecule has 2 aliphatic rings. The van der Waals surface area contributed by atoms with Crippen molar-refractivity contribution in [2.45, 2.75) is 44.2 Å². The molecule has 0 radical (unpaired) electrons. The third-order valence-corrected chi connectivity index (χ3v) is 8.34. The summed E-state index contributed by atoms with van der Waals surface area (Å²) in [5, 5.41) is 5.81. The number of nitrogens with one attached hydrogen (secondary N) is 2. The molecule has 2 fully saturated rings. The fourth-order valence-corrected chi connectivity index (χ4v) is 6.15. The molecule has 4 amide bonds. The first kappa shape index (κ1) is 28.5. The van der Waals surface area contributed by atoms with Crippen LogP contribution in [-0.2, 0) is 20.8 Å². The van der Waals surface area contributed by atoms with E-state index in [2.05, 4.69) is 36.5 Å². The van der Waals surface area contributed by atoms with Gasteiger partial charge in [-0.15, -0.1) is 0 Å². The smallest absolute Gasteiger partial charge is 0.290 e.